The molecule has 0 saturated heterocycles. The smallest absolute Gasteiger partial charge is 0.278 e. The van der Waals surface area contributed by atoms with E-state index in [2.05, 4.69) is 20.9 Å². The Kier molecular flexibility index (Phi) is 6.46. The van der Waals surface area contributed by atoms with Crippen LogP contribution in [0.15, 0.2) is 42.5 Å². The van der Waals surface area contributed by atoms with Crippen LogP contribution < -0.4 is 10.6 Å². The van der Waals surface area contributed by atoms with E-state index >= 15 is 0 Å². The van der Waals surface area contributed by atoms with Crippen molar-refractivity contribution in [3.8, 4) is 0 Å². The summed E-state index contributed by atoms with van der Waals surface area (Å²) >= 11 is 12.0. The van der Waals surface area contributed by atoms with Gasteiger partial charge >= 0.3 is 0 Å². The summed E-state index contributed by atoms with van der Waals surface area (Å²) in [6.45, 7) is 1.75. The molecule has 0 atom stereocenters. The highest BCUT2D eigenvalue weighted by Crippen LogP contribution is 2.26. The van der Waals surface area contributed by atoms with Crippen molar-refractivity contribution in [3.63, 3.8) is 0 Å². The molecular weight excluding hydrogens is 420 g/mol. The first kappa shape index (κ1) is 20.8. The zero-order valence-electron chi connectivity index (χ0n) is 15.2. The van der Waals surface area contributed by atoms with E-state index in [4.69, 9.17) is 23.2 Å². The standard InChI is InChI=1S/C19H16Cl2FN5O2/c1-11-18(19(29)24-16-8-13(20)4-7-15(16)21)25-26-27(11)10-17(28)23-9-12-2-5-14(22)6-3-12/h2-8H,9-10H2,1H3,(H,23,28)(H,24,29). The molecule has 0 aliphatic rings. The van der Waals surface area contributed by atoms with E-state index in [0.717, 1.165) is 5.56 Å². The van der Waals surface area contributed by atoms with Gasteiger partial charge in [-0.1, -0.05) is 40.5 Å². The van der Waals surface area contributed by atoms with E-state index in [0.29, 0.717) is 21.4 Å². The second-order valence-electron chi connectivity index (χ2n) is 6.16. The molecule has 1 aromatic heterocycles. The number of halogens is 3. The molecule has 2 N–H and O–H groups in total. The van der Waals surface area contributed by atoms with Crippen LogP contribution in [0.25, 0.3) is 0 Å². The Morgan fingerprint density at radius 2 is 1.86 bits per heavy atom. The maximum Gasteiger partial charge on any atom is 0.278 e. The fourth-order valence-electron chi connectivity index (χ4n) is 2.49. The molecule has 150 valence electrons. The van der Waals surface area contributed by atoms with Gasteiger partial charge in [0, 0.05) is 11.6 Å². The molecule has 0 aliphatic heterocycles. The topological polar surface area (TPSA) is 88.9 Å². The van der Waals surface area contributed by atoms with Crippen molar-refractivity contribution in [1.82, 2.24) is 20.3 Å². The molecule has 2 amide bonds. The molecule has 3 rings (SSSR count). The molecule has 0 saturated carbocycles. The Balaban J connectivity index is 1.62. The van der Waals surface area contributed by atoms with Crippen molar-refractivity contribution >= 4 is 40.7 Å². The zero-order valence-corrected chi connectivity index (χ0v) is 16.8. The number of nitrogens with one attached hydrogen (secondary N) is 2. The van der Waals surface area contributed by atoms with E-state index in [1.807, 2.05) is 0 Å². The fraction of sp³-hybridized carbons (Fsp3) is 0.158. The molecule has 0 spiro atoms. The zero-order chi connectivity index (χ0) is 21.0. The number of carbonyl (C=O) groups is 2. The van der Waals surface area contributed by atoms with Crippen LogP contribution in [0.2, 0.25) is 10.0 Å². The molecule has 0 radical (unpaired) electrons. The Morgan fingerprint density at radius 3 is 2.59 bits per heavy atom. The molecule has 10 heteroatoms. The summed E-state index contributed by atoms with van der Waals surface area (Å²) in [5, 5.41) is 13.8. The minimum atomic E-state index is -0.523. The van der Waals surface area contributed by atoms with Crippen LogP contribution in [0, 0.1) is 12.7 Å². The van der Waals surface area contributed by atoms with E-state index in [9.17, 15) is 14.0 Å². The quantitative estimate of drug-likeness (QED) is 0.618. The minimum Gasteiger partial charge on any atom is -0.350 e. The van der Waals surface area contributed by atoms with Crippen molar-refractivity contribution in [3.05, 3.63) is 75.3 Å². The summed E-state index contributed by atoms with van der Waals surface area (Å²) in [7, 11) is 0. The summed E-state index contributed by atoms with van der Waals surface area (Å²) in [4.78, 5) is 24.6. The van der Waals surface area contributed by atoms with Crippen molar-refractivity contribution < 1.29 is 14.0 Å². The maximum atomic E-state index is 12.9. The Morgan fingerprint density at radius 1 is 1.14 bits per heavy atom. The number of rotatable bonds is 6. The van der Waals surface area contributed by atoms with E-state index in [1.165, 1.54) is 22.9 Å². The SMILES string of the molecule is Cc1c(C(=O)Nc2cc(Cl)ccc2Cl)nnn1CC(=O)NCc1ccc(F)cc1. The third kappa shape index (κ3) is 5.30. The van der Waals surface area contributed by atoms with Gasteiger partial charge < -0.3 is 10.6 Å². The number of hydrogen-bond donors (Lipinski definition) is 2. The largest absolute Gasteiger partial charge is 0.350 e. The molecule has 0 aliphatic carbocycles. The Hall–Kier alpha value is -2.97. The average Bonchev–Trinajstić information content (AvgIpc) is 3.04. The Bertz CT molecular complexity index is 1050. The summed E-state index contributed by atoms with van der Waals surface area (Å²) in [5.74, 6) is -1.19. The van der Waals surface area contributed by atoms with Crippen LogP contribution in [-0.4, -0.2) is 26.8 Å². The third-order valence-corrected chi connectivity index (χ3v) is 4.64. The molecule has 29 heavy (non-hydrogen) atoms. The van der Waals surface area contributed by atoms with Gasteiger partial charge in [-0.25, -0.2) is 9.07 Å². The van der Waals surface area contributed by atoms with E-state index < -0.39 is 5.91 Å². The first-order valence-corrected chi connectivity index (χ1v) is 9.26. The van der Waals surface area contributed by atoms with Gasteiger partial charge in [0.2, 0.25) is 5.91 Å². The van der Waals surface area contributed by atoms with Crippen molar-refractivity contribution in [2.75, 3.05) is 5.32 Å². The molecular formula is C19H16Cl2FN5O2. The average molecular weight is 436 g/mol. The monoisotopic (exact) mass is 435 g/mol. The molecule has 0 bridgehead atoms. The van der Waals surface area contributed by atoms with Gasteiger partial charge in [0.15, 0.2) is 5.69 Å². The van der Waals surface area contributed by atoms with Gasteiger partial charge in [0.05, 0.1) is 16.4 Å². The summed E-state index contributed by atoms with van der Waals surface area (Å²) in [6, 6.07) is 10.5. The van der Waals surface area contributed by atoms with E-state index in [1.54, 1.807) is 31.2 Å². The van der Waals surface area contributed by atoms with Gasteiger partial charge in [-0.05, 0) is 42.8 Å². The number of hydrogen-bond acceptors (Lipinski definition) is 4. The Labute approximate surface area is 175 Å². The van der Waals surface area contributed by atoms with Gasteiger partial charge in [-0.15, -0.1) is 5.10 Å². The predicted octanol–water partition coefficient (Wildman–Crippen LogP) is 3.60. The fourth-order valence-corrected chi connectivity index (χ4v) is 2.83. The number of anilines is 1. The van der Waals surface area contributed by atoms with Gasteiger partial charge in [0.25, 0.3) is 5.91 Å². The lowest BCUT2D eigenvalue weighted by Crippen LogP contribution is -2.28. The van der Waals surface area contributed by atoms with Gasteiger partial charge in [-0.3, -0.25) is 9.59 Å². The number of nitrogens with zero attached hydrogens (tertiary/aromatic N) is 3. The number of amides is 2. The lowest BCUT2D eigenvalue weighted by molar-refractivity contribution is -0.122. The molecule has 0 fully saturated rings. The normalized spacial score (nSPS) is 10.6. The number of carbonyl (C=O) groups excluding carboxylic acids is 2. The molecule has 7 nitrogen and oxygen atoms in total. The minimum absolute atomic E-state index is 0.0624. The van der Waals surface area contributed by atoms with Crippen LogP contribution in [0.1, 0.15) is 21.7 Å². The second kappa shape index (κ2) is 9.02. The van der Waals surface area contributed by atoms with Gasteiger partial charge in [0.1, 0.15) is 12.4 Å². The van der Waals surface area contributed by atoms with Crippen molar-refractivity contribution in [2.45, 2.75) is 20.0 Å². The van der Waals surface area contributed by atoms with Crippen molar-refractivity contribution in [2.24, 2.45) is 0 Å². The summed E-state index contributed by atoms with van der Waals surface area (Å²) in [6.07, 6.45) is 0. The third-order valence-electron chi connectivity index (χ3n) is 4.07. The van der Waals surface area contributed by atoms with Crippen molar-refractivity contribution in [1.29, 1.82) is 0 Å². The highest BCUT2D eigenvalue weighted by Gasteiger charge is 2.19. The maximum absolute atomic E-state index is 12.9. The molecule has 3 aromatic rings. The highest BCUT2D eigenvalue weighted by atomic mass is 35.5. The number of aromatic nitrogens is 3. The van der Waals surface area contributed by atoms with Gasteiger partial charge in [-0.2, -0.15) is 0 Å². The van der Waals surface area contributed by atoms with E-state index in [-0.39, 0.29) is 30.5 Å². The highest BCUT2D eigenvalue weighted by molar-refractivity contribution is 6.35. The number of benzene rings is 2. The molecule has 1 heterocycles. The van der Waals surface area contributed by atoms with Crippen LogP contribution in [0.3, 0.4) is 0 Å². The second-order valence-corrected chi connectivity index (χ2v) is 7.01. The summed E-state index contributed by atoms with van der Waals surface area (Å²) < 4.78 is 14.2. The first-order chi connectivity index (χ1) is 13.8. The lowest BCUT2D eigenvalue weighted by Gasteiger charge is -2.08. The van der Waals surface area contributed by atoms with Crippen LogP contribution in [-0.2, 0) is 17.9 Å². The lowest BCUT2D eigenvalue weighted by atomic mass is 10.2. The first-order valence-electron chi connectivity index (χ1n) is 8.51. The summed E-state index contributed by atoms with van der Waals surface area (Å²) in [5.41, 5.74) is 1.58. The molecule has 2 aromatic carbocycles. The predicted molar refractivity (Wildman–Crippen MR) is 107 cm³/mol. The van der Waals surface area contributed by atoms with Crippen LogP contribution in [0.5, 0.6) is 0 Å². The molecule has 0 unspecified atom stereocenters. The van der Waals surface area contributed by atoms with Crippen LogP contribution >= 0.6 is 23.2 Å². The van der Waals surface area contributed by atoms with Crippen LogP contribution in [0.4, 0.5) is 10.1 Å².